The molecule has 0 fully saturated rings. The molecule has 7 heteroatoms. The number of anilines is 1. The topological polar surface area (TPSA) is 46.9 Å². The van der Waals surface area contributed by atoms with Crippen LogP contribution in [0, 0.1) is 11.6 Å². The van der Waals surface area contributed by atoms with E-state index in [1.807, 2.05) is 47.8 Å². The third kappa shape index (κ3) is 3.50. The van der Waals surface area contributed by atoms with Gasteiger partial charge >= 0.3 is 0 Å². The van der Waals surface area contributed by atoms with Crippen molar-refractivity contribution in [3.63, 3.8) is 0 Å². The Balaban J connectivity index is 1.73. The number of halogens is 2. The zero-order chi connectivity index (χ0) is 18.8. The molecule has 0 aliphatic rings. The molecule has 0 aliphatic carbocycles. The molecule has 1 amide bonds. The molecule has 2 aromatic carbocycles. The van der Waals surface area contributed by atoms with Gasteiger partial charge < -0.3 is 5.32 Å². The summed E-state index contributed by atoms with van der Waals surface area (Å²) in [7, 11) is 0. The standard InChI is InChI=1S/C20H13F2N3OS/c21-16-9-8-13(11-17(16)22)23-20(26)15-12-25(14-5-2-1-3-6-14)24-19(15)18-7-4-10-27-18/h1-12H,(H,23,26). The molecule has 1 N–H and O–H groups in total. The normalized spacial score (nSPS) is 10.7. The van der Waals surface area contributed by atoms with E-state index in [1.165, 1.54) is 17.4 Å². The average molecular weight is 381 g/mol. The van der Waals surface area contributed by atoms with E-state index in [0.717, 1.165) is 22.7 Å². The van der Waals surface area contributed by atoms with Crippen LogP contribution in [0.1, 0.15) is 10.4 Å². The Hall–Kier alpha value is -3.32. The maximum atomic E-state index is 13.4. The van der Waals surface area contributed by atoms with E-state index in [0.29, 0.717) is 11.3 Å². The number of carbonyl (C=O) groups is 1. The number of thiophene rings is 1. The summed E-state index contributed by atoms with van der Waals surface area (Å²) in [5.74, 6) is -2.44. The second-order valence-electron chi connectivity index (χ2n) is 5.73. The molecule has 0 saturated heterocycles. The summed E-state index contributed by atoms with van der Waals surface area (Å²) in [4.78, 5) is 13.6. The number of benzene rings is 2. The van der Waals surface area contributed by atoms with E-state index in [-0.39, 0.29) is 5.69 Å². The van der Waals surface area contributed by atoms with Gasteiger partial charge in [0.25, 0.3) is 5.91 Å². The quantitative estimate of drug-likeness (QED) is 0.533. The highest BCUT2D eigenvalue weighted by Gasteiger charge is 2.20. The minimum absolute atomic E-state index is 0.170. The fraction of sp³-hybridized carbons (Fsp3) is 0. The molecule has 2 aromatic heterocycles. The Kier molecular flexibility index (Phi) is 4.52. The van der Waals surface area contributed by atoms with Crippen LogP contribution < -0.4 is 5.32 Å². The van der Waals surface area contributed by atoms with Crippen molar-refractivity contribution in [2.24, 2.45) is 0 Å². The highest BCUT2D eigenvalue weighted by atomic mass is 32.1. The lowest BCUT2D eigenvalue weighted by molar-refractivity contribution is 0.102. The maximum Gasteiger partial charge on any atom is 0.259 e. The number of nitrogens with zero attached hydrogens (tertiary/aromatic N) is 2. The first-order chi connectivity index (χ1) is 13.1. The molecule has 0 bridgehead atoms. The Morgan fingerprint density at radius 2 is 1.81 bits per heavy atom. The number of rotatable bonds is 4. The molecular weight excluding hydrogens is 368 g/mol. The van der Waals surface area contributed by atoms with E-state index >= 15 is 0 Å². The molecule has 134 valence electrons. The van der Waals surface area contributed by atoms with Crippen LogP contribution in [-0.2, 0) is 0 Å². The molecule has 0 unspecified atom stereocenters. The maximum absolute atomic E-state index is 13.4. The van der Waals surface area contributed by atoms with Crippen LogP contribution in [0.2, 0.25) is 0 Å². The summed E-state index contributed by atoms with van der Waals surface area (Å²) in [6, 6.07) is 16.4. The molecular formula is C20H13F2N3OS. The van der Waals surface area contributed by atoms with Gasteiger partial charge in [0, 0.05) is 18.0 Å². The van der Waals surface area contributed by atoms with Gasteiger partial charge in [0.2, 0.25) is 0 Å². The Labute approximate surface area is 157 Å². The molecule has 0 saturated carbocycles. The van der Waals surface area contributed by atoms with Crippen molar-refractivity contribution < 1.29 is 13.6 Å². The monoisotopic (exact) mass is 381 g/mol. The average Bonchev–Trinajstić information content (AvgIpc) is 3.35. The SMILES string of the molecule is O=C(Nc1ccc(F)c(F)c1)c1cn(-c2ccccc2)nc1-c1cccs1. The van der Waals surface area contributed by atoms with Gasteiger partial charge in [0.15, 0.2) is 11.6 Å². The van der Waals surface area contributed by atoms with Crippen LogP contribution in [0.25, 0.3) is 16.3 Å². The van der Waals surface area contributed by atoms with Gasteiger partial charge in [-0.05, 0) is 35.7 Å². The van der Waals surface area contributed by atoms with E-state index in [2.05, 4.69) is 10.4 Å². The Bertz CT molecular complexity index is 1090. The second kappa shape index (κ2) is 7.13. The van der Waals surface area contributed by atoms with Crippen molar-refractivity contribution in [3.05, 3.63) is 89.4 Å². The summed E-state index contributed by atoms with van der Waals surface area (Å²) < 4.78 is 28.1. The van der Waals surface area contributed by atoms with Gasteiger partial charge in [-0.2, -0.15) is 5.10 Å². The number of hydrogen-bond acceptors (Lipinski definition) is 3. The fourth-order valence-corrected chi connectivity index (χ4v) is 3.34. The smallest absolute Gasteiger partial charge is 0.259 e. The van der Waals surface area contributed by atoms with Gasteiger partial charge in [-0.3, -0.25) is 4.79 Å². The first-order valence-corrected chi connectivity index (χ1v) is 8.95. The molecule has 4 aromatic rings. The molecule has 2 heterocycles. The lowest BCUT2D eigenvalue weighted by Gasteiger charge is -2.05. The summed E-state index contributed by atoms with van der Waals surface area (Å²) in [5.41, 5.74) is 1.84. The van der Waals surface area contributed by atoms with E-state index in [9.17, 15) is 13.6 Å². The number of para-hydroxylation sites is 1. The van der Waals surface area contributed by atoms with Crippen molar-refractivity contribution in [2.75, 3.05) is 5.32 Å². The van der Waals surface area contributed by atoms with Gasteiger partial charge in [0.1, 0.15) is 5.69 Å². The number of carbonyl (C=O) groups excluding carboxylic acids is 1. The van der Waals surface area contributed by atoms with Gasteiger partial charge in [-0.1, -0.05) is 24.3 Å². The van der Waals surface area contributed by atoms with Crippen molar-refractivity contribution in [1.82, 2.24) is 9.78 Å². The number of nitrogens with one attached hydrogen (secondary N) is 1. The van der Waals surface area contributed by atoms with Crippen molar-refractivity contribution in [2.45, 2.75) is 0 Å². The Morgan fingerprint density at radius 1 is 1.00 bits per heavy atom. The largest absolute Gasteiger partial charge is 0.322 e. The van der Waals surface area contributed by atoms with Crippen LogP contribution in [0.3, 0.4) is 0 Å². The fourth-order valence-electron chi connectivity index (χ4n) is 2.62. The van der Waals surface area contributed by atoms with E-state index < -0.39 is 17.5 Å². The molecule has 4 rings (SSSR count). The first kappa shape index (κ1) is 17.1. The van der Waals surface area contributed by atoms with Crippen molar-refractivity contribution in [1.29, 1.82) is 0 Å². The molecule has 4 nitrogen and oxygen atoms in total. The minimum Gasteiger partial charge on any atom is -0.322 e. The predicted molar refractivity (Wildman–Crippen MR) is 101 cm³/mol. The number of amides is 1. The highest BCUT2D eigenvalue weighted by Crippen LogP contribution is 2.28. The van der Waals surface area contributed by atoms with Gasteiger partial charge in [-0.15, -0.1) is 11.3 Å². The lowest BCUT2D eigenvalue weighted by Crippen LogP contribution is -2.12. The molecule has 27 heavy (non-hydrogen) atoms. The zero-order valence-electron chi connectivity index (χ0n) is 13.9. The molecule has 0 radical (unpaired) electrons. The first-order valence-electron chi connectivity index (χ1n) is 8.07. The molecule has 0 spiro atoms. The summed E-state index contributed by atoms with van der Waals surface area (Å²) in [6.45, 7) is 0. The summed E-state index contributed by atoms with van der Waals surface area (Å²) in [5, 5.41) is 9.05. The van der Waals surface area contributed by atoms with E-state index in [4.69, 9.17) is 0 Å². The van der Waals surface area contributed by atoms with Gasteiger partial charge in [0.05, 0.1) is 16.1 Å². The number of hydrogen-bond donors (Lipinski definition) is 1. The summed E-state index contributed by atoms with van der Waals surface area (Å²) in [6.07, 6.45) is 1.62. The Morgan fingerprint density at radius 3 is 2.52 bits per heavy atom. The van der Waals surface area contributed by atoms with Crippen LogP contribution in [0.15, 0.2) is 72.2 Å². The van der Waals surface area contributed by atoms with Crippen LogP contribution >= 0.6 is 11.3 Å². The van der Waals surface area contributed by atoms with E-state index in [1.54, 1.807) is 10.9 Å². The van der Waals surface area contributed by atoms with Crippen LogP contribution in [0.4, 0.5) is 14.5 Å². The summed E-state index contributed by atoms with van der Waals surface area (Å²) >= 11 is 1.46. The third-order valence-corrected chi connectivity index (χ3v) is 4.79. The molecule has 0 aliphatic heterocycles. The highest BCUT2D eigenvalue weighted by molar-refractivity contribution is 7.13. The second-order valence-corrected chi connectivity index (χ2v) is 6.68. The van der Waals surface area contributed by atoms with Crippen LogP contribution in [-0.4, -0.2) is 15.7 Å². The molecule has 0 atom stereocenters. The van der Waals surface area contributed by atoms with Crippen molar-refractivity contribution >= 4 is 22.9 Å². The van der Waals surface area contributed by atoms with Gasteiger partial charge in [-0.25, -0.2) is 13.5 Å². The minimum atomic E-state index is -1.02. The third-order valence-electron chi connectivity index (χ3n) is 3.91. The number of aromatic nitrogens is 2. The lowest BCUT2D eigenvalue weighted by atomic mass is 10.2. The van der Waals surface area contributed by atoms with Crippen molar-refractivity contribution in [3.8, 4) is 16.3 Å². The zero-order valence-corrected chi connectivity index (χ0v) is 14.7. The van der Waals surface area contributed by atoms with Crippen LogP contribution in [0.5, 0.6) is 0 Å². The predicted octanol–water partition coefficient (Wildman–Crippen LogP) is 5.13.